The van der Waals surface area contributed by atoms with Crippen molar-refractivity contribution in [1.82, 2.24) is 10.2 Å². The molecular weight excluding hydrogens is 528 g/mol. The van der Waals surface area contributed by atoms with Crippen molar-refractivity contribution in [2.75, 3.05) is 17.1 Å². The summed E-state index contributed by atoms with van der Waals surface area (Å²) in [6, 6.07) is 8.96. The number of sulfonamides is 1. The van der Waals surface area contributed by atoms with E-state index in [1.54, 1.807) is 6.92 Å². The Morgan fingerprint density at radius 3 is 2.19 bits per heavy atom. The Balaban J connectivity index is 1.88. The zero-order valence-corrected chi connectivity index (χ0v) is 22.5. The van der Waals surface area contributed by atoms with Crippen molar-refractivity contribution in [3.63, 3.8) is 0 Å². The van der Waals surface area contributed by atoms with E-state index in [-0.39, 0.29) is 34.2 Å². The summed E-state index contributed by atoms with van der Waals surface area (Å²) in [5.74, 6) is -1.36. The van der Waals surface area contributed by atoms with Crippen molar-refractivity contribution < 1.29 is 22.4 Å². The first-order valence-electron chi connectivity index (χ1n) is 11.7. The molecule has 1 N–H and O–H groups in total. The molecule has 0 unspecified atom stereocenters. The minimum absolute atomic E-state index is 0.00767. The van der Waals surface area contributed by atoms with Gasteiger partial charge in [0.2, 0.25) is 21.8 Å². The molecule has 0 aromatic heterocycles. The van der Waals surface area contributed by atoms with Crippen LogP contribution < -0.4 is 9.62 Å². The quantitative estimate of drug-likeness (QED) is 0.481. The molecule has 2 amide bonds. The van der Waals surface area contributed by atoms with Crippen LogP contribution in [0.25, 0.3) is 0 Å². The predicted molar refractivity (Wildman–Crippen MR) is 140 cm³/mol. The molecule has 0 radical (unpaired) electrons. The standard InChI is InChI=1S/C25H30Cl2FN3O4S/c1-17(25(33)29-22-6-4-3-5-7-22)30(15-18-8-10-21(28)11-9-18)24(32)16-31(36(2,34)35)23-13-19(26)12-20(27)14-23/h8-14,17,22H,3-7,15-16H2,1-2H3,(H,29,33)/t17-/m1/s1. The van der Waals surface area contributed by atoms with Gasteiger partial charge in [0.15, 0.2) is 0 Å². The Bertz CT molecular complexity index is 1170. The number of amides is 2. The number of hydrogen-bond acceptors (Lipinski definition) is 4. The first-order valence-corrected chi connectivity index (χ1v) is 14.3. The van der Waals surface area contributed by atoms with Gasteiger partial charge in [0, 0.05) is 22.6 Å². The highest BCUT2D eigenvalue weighted by Crippen LogP contribution is 2.27. The van der Waals surface area contributed by atoms with Crippen molar-refractivity contribution in [3.05, 3.63) is 63.9 Å². The number of carbonyl (C=O) groups excluding carboxylic acids is 2. The van der Waals surface area contributed by atoms with E-state index in [0.717, 1.165) is 42.7 Å². The van der Waals surface area contributed by atoms with Gasteiger partial charge in [0.05, 0.1) is 11.9 Å². The molecule has 7 nitrogen and oxygen atoms in total. The molecule has 1 fully saturated rings. The summed E-state index contributed by atoms with van der Waals surface area (Å²) >= 11 is 12.1. The zero-order valence-electron chi connectivity index (χ0n) is 20.2. The van der Waals surface area contributed by atoms with Crippen LogP contribution in [0.1, 0.15) is 44.6 Å². The highest BCUT2D eigenvalue weighted by Gasteiger charge is 2.31. The molecule has 3 rings (SSSR count). The highest BCUT2D eigenvalue weighted by molar-refractivity contribution is 7.92. The molecule has 0 bridgehead atoms. The van der Waals surface area contributed by atoms with Crippen LogP contribution in [0.5, 0.6) is 0 Å². The lowest BCUT2D eigenvalue weighted by Gasteiger charge is -2.33. The lowest BCUT2D eigenvalue weighted by Crippen LogP contribution is -2.52. The van der Waals surface area contributed by atoms with Gasteiger partial charge in [-0.05, 0) is 55.7 Å². The van der Waals surface area contributed by atoms with Gasteiger partial charge in [-0.1, -0.05) is 54.6 Å². The first kappa shape index (κ1) is 28.2. The summed E-state index contributed by atoms with van der Waals surface area (Å²) < 4.78 is 39.6. The Morgan fingerprint density at radius 2 is 1.64 bits per heavy atom. The van der Waals surface area contributed by atoms with E-state index in [4.69, 9.17) is 23.2 Å². The van der Waals surface area contributed by atoms with Gasteiger partial charge in [-0.3, -0.25) is 13.9 Å². The second-order valence-corrected chi connectivity index (χ2v) is 11.8. The van der Waals surface area contributed by atoms with Crippen molar-refractivity contribution >= 4 is 50.7 Å². The maximum absolute atomic E-state index is 13.6. The summed E-state index contributed by atoms with van der Waals surface area (Å²) in [6.45, 7) is 1.02. The fourth-order valence-electron chi connectivity index (χ4n) is 4.23. The van der Waals surface area contributed by atoms with Crippen LogP contribution in [0.4, 0.5) is 10.1 Å². The maximum Gasteiger partial charge on any atom is 0.244 e. The summed E-state index contributed by atoms with van der Waals surface area (Å²) in [5, 5.41) is 3.44. The predicted octanol–water partition coefficient (Wildman–Crippen LogP) is 4.76. The molecule has 11 heteroatoms. The minimum atomic E-state index is -3.91. The molecule has 2 aromatic carbocycles. The van der Waals surface area contributed by atoms with E-state index in [1.165, 1.54) is 47.4 Å². The van der Waals surface area contributed by atoms with Crippen LogP contribution in [-0.4, -0.2) is 50.0 Å². The molecule has 0 heterocycles. The van der Waals surface area contributed by atoms with Gasteiger partial charge in [0.25, 0.3) is 0 Å². The van der Waals surface area contributed by atoms with E-state index >= 15 is 0 Å². The number of benzene rings is 2. The van der Waals surface area contributed by atoms with Gasteiger partial charge in [-0.15, -0.1) is 0 Å². The number of carbonyl (C=O) groups is 2. The molecule has 0 aliphatic heterocycles. The van der Waals surface area contributed by atoms with Crippen molar-refractivity contribution in [3.8, 4) is 0 Å². The average Bonchev–Trinajstić information content (AvgIpc) is 2.80. The minimum Gasteiger partial charge on any atom is -0.352 e. The fourth-order valence-corrected chi connectivity index (χ4v) is 5.58. The number of anilines is 1. The second-order valence-electron chi connectivity index (χ2n) is 9.06. The van der Waals surface area contributed by atoms with Crippen molar-refractivity contribution in [2.24, 2.45) is 0 Å². The maximum atomic E-state index is 13.6. The van der Waals surface area contributed by atoms with Crippen molar-refractivity contribution in [1.29, 1.82) is 0 Å². The number of rotatable bonds is 9. The van der Waals surface area contributed by atoms with Crippen LogP contribution in [0.2, 0.25) is 10.0 Å². The average molecular weight is 559 g/mol. The second kappa shape index (κ2) is 12.3. The fraction of sp³-hybridized carbons (Fsp3) is 0.440. The zero-order chi connectivity index (χ0) is 26.5. The van der Waals surface area contributed by atoms with Gasteiger partial charge >= 0.3 is 0 Å². The normalized spacial score (nSPS) is 15.2. The lowest BCUT2D eigenvalue weighted by atomic mass is 9.95. The first-order chi connectivity index (χ1) is 16.9. The van der Waals surface area contributed by atoms with E-state index in [0.29, 0.717) is 5.56 Å². The number of nitrogens with one attached hydrogen (secondary N) is 1. The SMILES string of the molecule is C[C@H](C(=O)NC1CCCCC1)N(Cc1ccc(F)cc1)C(=O)CN(c1cc(Cl)cc(Cl)c1)S(C)(=O)=O. The number of nitrogens with zero attached hydrogens (tertiary/aromatic N) is 2. The summed E-state index contributed by atoms with van der Waals surface area (Å²) in [4.78, 5) is 28.0. The topological polar surface area (TPSA) is 86.8 Å². The van der Waals surface area contributed by atoms with Crippen LogP contribution in [0.3, 0.4) is 0 Å². The van der Waals surface area contributed by atoms with Crippen LogP contribution in [-0.2, 0) is 26.2 Å². The summed E-state index contributed by atoms with van der Waals surface area (Å²) in [5.41, 5.74) is 0.725. The van der Waals surface area contributed by atoms with Gasteiger partial charge < -0.3 is 10.2 Å². The van der Waals surface area contributed by atoms with E-state index in [1.807, 2.05) is 0 Å². The molecule has 2 aromatic rings. The Morgan fingerprint density at radius 1 is 1.06 bits per heavy atom. The van der Waals surface area contributed by atoms with Gasteiger partial charge in [0.1, 0.15) is 18.4 Å². The monoisotopic (exact) mass is 557 g/mol. The third-order valence-corrected chi connectivity index (χ3v) is 7.78. The summed E-state index contributed by atoms with van der Waals surface area (Å²) in [6.07, 6.45) is 5.92. The Labute approximate surface area is 221 Å². The Kier molecular flexibility index (Phi) is 9.60. The largest absolute Gasteiger partial charge is 0.352 e. The smallest absolute Gasteiger partial charge is 0.244 e. The van der Waals surface area contributed by atoms with Crippen LogP contribution in [0, 0.1) is 5.82 Å². The number of halogens is 3. The van der Waals surface area contributed by atoms with Gasteiger partial charge in [-0.2, -0.15) is 0 Å². The third kappa shape index (κ3) is 7.82. The molecule has 1 atom stereocenters. The molecule has 1 aliphatic carbocycles. The third-order valence-electron chi connectivity index (χ3n) is 6.20. The van der Waals surface area contributed by atoms with Crippen LogP contribution in [0.15, 0.2) is 42.5 Å². The van der Waals surface area contributed by atoms with Gasteiger partial charge in [-0.25, -0.2) is 12.8 Å². The molecule has 0 spiro atoms. The molecule has 1 saturated carbocycles. The number of hydrogen-bond donors (Lipinski definition) is 1. The van der Waals surface area contributed by atoms with E-state index in [2.05, 4.69) is 5.32 Å². The van der Waals surface area contributed by atoms with E-state index in [9.17, 15) is 22.4 Å². The molecule has 0 saturated heterocycles. The molecule has 196 valence electrons. The van der Waals surface area contributed by atoms with Crippen molar-refractivity contribution in [2.45, 2.75) is 57.7 Å². The Hall–Kier alpha value is -2.36. The lowest BCUT2D eigenvalue weighted by molar-refractivity contribution is -0.139. The molecule has 36 heavy (non-hydrogen) atoms. The van der Waals surface area contributed by atoms with E-state index < -0.39 is 34.3 Å². The molecular formula is C25H30Cl2FN3O4S. The highest BCUT2D eigenvalue weighted by atomic mass is 35.5. The molecule has 1 aliphatic rings. The summed E-state index contributed by atoms with van der Waals surface area (Å²) in [7, 11) is -3.91. The van der Waals surface area contributed by atoms with Crippen LogP contribution >= 0.6 is 23.2 Å².